The zero-order chi connectivity index (χ0) is 9.19. The molecule has 1 rings (SSSR count). The fraction of sp³-hybridized carbons (Fsp3) is 0.125. The number of hydrogen-bond donors (Lipinski definition) is 0. The van der Waals surface area contributed by atoms with Crippen molar-refractivity contribution in [1.29, 1.82) is 0 Å². The molecule has 0 unspecified atom stereocenters. The topological polar surface area (TPSA) is 0 Å². The number of alkyl halides is 3. The molecule has 4 heteroatoms. The molecule has 0 bridgehead atoms. The molecule has 0 saturated heterocycles. The van der Waals surface area contributed by atoms with Gasteiger partial charge in [0.05, 0.1) is 0 Å². The molecule has 0 atom stereocenters. The van der Waals surface area contributed by atoms with Gasteiger partial charge >= 0.3 is 82.7 Å². The SMILES string of the molecule is FC(F)(F)c1ccc([CH]=[Zr+2])cc1. The fourth-order valence-electron chi connectivity index (χ4n) is 0.768. The van der Waals surface area contributed by atoms with Crippen LogP contribution in [-0.4, -0.2) is 3.71 Å². The van der Waals surface area contributed by atoms with Crippen molar-refractivity contribution in [2.75, 3.05) is 0 Å². The molecule has 0 heterocycles. The van der Waals surface area contributed by atoms with Gasteiger partial charge in [-0.25, -0.2) is 0 Å². The second kappa shape index (κ2) is 3.65. The minimum atomic E-state index is -4.22. The summed E-state index contributed by atoms with van der Waals surface area (Å²) in [6, 6.07) is 5.13. The number of halogens is 3. The molecule has 0 nitrogen and oxygen atoms in total. The summed E-state index contributed by atoms with van der Waals surface area (Å²) in [5.74, 6) is 0. The van der Waals surface area contributed by atoms with E-state index in [0.717, 1.165) is 17.7 Å². The van der Waals surface area contributed by atoms with Crippen LogP contribution in [-0.2, 0) is 30.4 Å². The second-order valence-electron chi connectivity index (χ2n) is 2.26. The number of rotatable bonds is 1. The quantitative estimate of drug-likeness (QED) is 0.717. The Labute approximate surface area is 82.7 Å². The Balaban J connectivity index is 3.00. The first kappa shape index (κ1) is 9.85. The van der Waals surface area contributed by atoms with E-state index in [1.54, 1.807) is 0 Å². The molecule has 0 amide bonds. The molecule has 0 saturated carbocycles. The van der Waals surface area contributed by atoms with Gasteiger partial charge in [-0.05, 0) is 0 Å². The molecule has 0 spiro atoms. The fourth-order valence-corrected chi connectivity index (χ4v) is 1.24. The maximum atomic E-state index is 12.0. The molecule has 0 aliphatic rings. The number of benzene rings is 1. The standard InChI is InChI=1S/C8H5F3.Zr/c1-6-2-4-7(5-3-6)8(9,10)11;/h1-5H;/q;+2. The summed E-state index contributed by atoms with van der Waals surface area (Å²) in [6.07, 6.45) is -4.22. The van der Waals surface area contributed by atoms with Crippen LogP contribution in [0.15, 0.2) is 24.3 Å². The van der Waals surface area contributed by atoms with Crippen LogP contribution in [0.3, 0.4) is 0 Å². The van der Waals surface area contributed by atoms with Crippen LogP contribution in [0.4, 0.5) is 13.2 Å². The molecular formula is C8H5F3Zr+2. The van der Waals surface area contributed by atoms with E-state index in [9.17, 15) is 13.2 Å². The van der Waals surface area contributed by atoms with Crippen molar-refractivity contribution in [2.45, 2.75) is 6.18 Å². The molecule has 0 fully saturated rings. The molecular weight excluding hydrogens is 244 g/mol. The third-order valence-corrected chi connectivity index (χ3v) is 2.22. The van der Waals surface area contributed by atoms with Crippen molar-refractivity contribution in [3.63, 3.8) is 0 Å². The van der Waals surface area contributed by atoms with E-state index in [1.807, 2.05) is 3.71 Å². The minimum absolute atomic E-state index is 0.594. The van der Waals surface area contributed by atoms with Crippen molar-refractivity contribution >= 4 is 3.71 Å². The van der Waals surface area contributed by atoms with Gasteiger partial charge in [-0.3, -0.25) is 0 Å². The monoisotopic (exact) mass is 248 g/mol. The normalized spacial score (nSPS) is 11.4. The van der Waals surface area contributed by atoms with Crippen molar-refractivity contribution in [1.82, 2.24) is 0 Å². The van der Waals surface area contributed by atoms with Gasteiger partial charge in [0.25, 0.3) is 0 Å². The first-order valence-corrected chi connectivity index (χ1v) is 4.63. The molecule has 0 N–H and O–H groups in total. The molecule has 60 valence electrons. The summed E-state index contributed by atoms with van der Waals surface area (Å²) in [7, 11) is 0. The van der Waals surface area contributed by atoms with Crippen LogP contribution < -0.4 is 0 Å². The summed E-state index contributed by atoms with van der Waals surface area (Å²) in [6.45, 7) is 0. The first-order chi connectivity index (χ1) is 5.54. The van der Waals surface area contributed by atoms with Crippen LogP contribution in [0.5, 0.6) is 0 Å². The summed E-state index contributed by atoms with van der Waals surface area (Å²) in [5.41, 5.74) is 0.241. The Hall–Kier alpha value is -0.237. The van der Waals surface area contributed by atoms with Crippen LogP contribution in [0.2, 0.25) is 0 Å². The Morgan fingerprint density at radius 1 is 1.08 bits per heavy atom. The molecule has 0 aromatic heterocycles. The Morgan fingerprint density at radius 3 is 1.92 bits per heavy atom. The molecule has 1 aromatic carbocycles. The van der Waals surface area contributed by atoms with E-state index in [4.69, 9.17) is 0 Å². The molecule has 0 aliphatic heterocycles. The van der Waals surface area contributed by atoms with E-state index in [0.29, 0.717) is 0 Å². The van der Waals surface area contributed by atoms with Crippen molar-refractivity contribution in [3.05, 3.63) is 35.4 Å². The summed E-state index contributed by atoms with van der Waals surface area (Å²) in [4.78, 5) is 0. The second-order valence-corrected chi connectivity index (χ2v) is 2.97. The van der Waals surface area contributed by atoms with Gasteiger partial charge in [0, 0.05) is 0 Å². The summed E-state index contributed by atoms with van der Waals surface area (Å²) >= 11 is 1.18. The van der Waals surface area contributed by atoms with Crippen LogP contribution in [0.1, 0.15) is 11.1 Å². The molecule has 12 heavy (non-hydrogen) atoms. The number of hydrogen-bond acceptors (Lipinski definition) is 0. The van der Waals surface area contributed by atoms with E-state index in [1.165, 1.54) is 36.4 Å². The van der Waals surface area contributed by atoms with Gasteiger partial charge < -0.3 is 0 Å². The van der Waals surface area contributed by atoms with Gasteiger partial charge in [0.1, 0.15) is 0 Å². The van der Waals surface area contributed by atoms with E-state index in [2.05, 4.69) is 0 Å². The van der Waals surface area contributed by atoms with Gasteiger partial charge in [0.15, 0.2) is 0 Å². The summed E-state index contributed by atoms with van der Waals surface area (Å²) in [5, 5.41) is 0. The Bertz CT molecular complexity index is 273. The van der Waals surface area contributed by atoms with Crippen molar-refractivity contribution in [2.24, 2.45) is 0 Å². The van der Waals surface area contributed by atoms with Gasteiger partial charge in [-0.1, -0.05) is 0 Å². The van der Waals surface area contributed by atoms with Crippen LogP contribution in [0.25, 0.3) is 0 Å². The van der Waals surface area contributed by atoms with Crippen molar-refractivity contribution in [3.8, 4) is 0 Å². The third kappa shape index (κ3) is 2.38. The van der Waals surface area contributed by atoms with E-state index < -0.39 is 11.7 Å². The molecule has 1 aromatic rings. The average molecular weight is 249 g/mol. The molecule has 0 aliphatic carbocycles. The van der Waals surface area contributed by atoms with Gasteiger partial charge in [-0.15, -0.1) is 0 Å². The van der Waals surface area contributed by atoms with Crippen LogP contribution in [0, 0.1) is 0 Å². The maximum absolute atomic E-state index is 12.0. The van der Waals surface area contributed by atoms with Crippen molar-refractivity contribution < 1.29 is 37.4 Å². The zero-order valence-electron chi connectivity index (χ0n) is 6.02. The third-order valence-electron chi connectivity index (χ3n) is 1.40. The van der Waals surface area contributed by atoms with Crippen LogP contribution >= 0.6 is 0 Å². The average Bonchev–Trinajstić information content (AvgIpc) is 2.03. The first-order valence-electron chi connectivity index (χ1n) is 3.22. The Morgan fingerprint density at radius 2 is 1.58 bits per heavy atom. The predicted molar refractivity (Wildman–Crippen MR) is 36.6 cm³/mol. The van der Waals surface area contributed by atoms with E-state index >= 15 is 0 Å². The van der Waals surface area contributed by atoms with Gasteiger partial charge in [0.2, 0.25) is 0 Å². The molecule has 0 radical (unpaired) electrons. The summed E-state index contributed by atoms with van der Waals surface area (Å²) < 4.78 is 37.9. The predicted octanol–water partition coefficient (Wildman–Crippen LogP) is 2.40. The Kier molecular flexibility index (Phi) is 3.00. The zero-order valence-corrected chi connectivity index (χ0v) is 8.48. The van der Waals surface area contributed by atoms with E-state index in [-0.39, 0.29) is 0 Å². The van der Waals surface area contributed by atoms with Gasteiger partial charge in [-0.2, -0.15) is 0 Å².